The SMILES string of the molecule is C[C@H](CO)N1C[C@H](C)[C@@H](CN(C)C(=O)c2cccnc2)Oc2ncc(-c3ccc(C#N)cc3)cc2C1=O. The third-order valence-electron chi connectivity index (χ3n) is 6.58. The molecule has 0 radical (unpaired) electrons. The molecule has 0 unspecified atom stereocenters. The van der Waals surface area contributed by atoms with Gasteiger partial charge >= 0.3 is 0 Å². The maximum atomic E-state index is 13.6. The molecule has 0 bridgehead atoms. The monoisotopic (exact) mass is 499 g/mol. The highest BCUT2D eigenvalue weighted by Crippen LogP contribution is 2.30. The Bertz CT molecular complexity index is 1310. The zero-order valence-electron chi connectivity index (χ0n) is 21.0. The lowest BCUT2D eigenvalue weighted by atomic mass is 9.99. The quantitative estimate of drug-likeness (QED) is 0.554. The smallest absolute Gasteiger partial charge is 0.259 e. The lowest BCUT2D eigenvalue weighted by Crippen LogP contribution is -2.50. The van der Waals surface area contributed by atoms with Gasteiger partial charge in [0, 0.05) is 43.7 Å². The van der Waals surface area contributed by atoms with E-state index in [2.05, 4.69) is 16.0 Å². The Kier molecular flexibility index (Phi) is 7.80. The number of carbonyl (C=O) groups is 2. The minimum Gasteiger partial charge on any atom is -0.472 e. The fourth-order valence-corrected chi connectivity index (χ4v) is 4.28. The number of aromatic nitrogens is 2. The van der Waals surface area contributed by atoms with Crippen LogP contribution < -0.4 is 4.74 Å². The summed E-state index contributed by atoms with van der Waals surface area (Å²) in [7, 11) is 1.70. The van der Waals surface area contributed by atoms with E-state index in [0.29, 0.717) is 23.2 Å². The number of benzene rings is 1. The van der Waals surface area contributed by atoms with Crippen molar-refractivity contribution in [3.63, 3.8) is 0 Å². The normalized spacial score (nSPS) is 18.0. The van der Waals surface area contributed by atoms with Crippen LogP contribution in [0.1, 0.15) is 40.1 Å². The highest BCUT2D eigenvalue weighted by molar-refractivity contribution is 5.98. The predicted octanol–water partition coefficient (Wildman–Crippen LogP) is 3.01. The standard InChI is InChI=1S/C28H29N5O4/c1-18-15-33(19(2)17-34)28(36)24-11-23(21-8-6-20(12-29)7-9-21)14-31-26(24)37-25(18)16-32(3)27(35)22-5-4-10-30-13-22/h4-11,13-14,18-19,25,34H,15-17H2,1-3H3/t18-,19+,25+/m0/s1. The van der Waals surface area contributed by atoms with Crippen LogP contribution in [-0.4, -0.2) is 75.6 Å². The second-order valence-electron chi connectivity index (χ2n) is 9.32. The van der Waals surface area contributed by atoms with Gasteiger partial charge < -0.3 is 19.6 Å². The van der Waals surface area contributed by atoms with Gasteiger partial charge in [-0.1, -0.05) is 19.1 Å². The van der Waals surface area contributed by atoms with Crippen LogP contribution in [0.15, 0.2) is 61.1 Å². The Hall–Kier alpha value is -4.29. The van der Waals surface area contributed by atoms with Crippen molar-refractivity contribution in [2.75, 3.05) is 26.7 Å². The molecule has 1 aromatic carbocycles. The first-order valence-corrected chi connectivity index (χ1v) is 12.1. The van der Waals surface area contributed by atoms with Crippen molar-refractivity contribution in [2.24, 2.45) is 5.92 Å². The molecular weight excluding hydrogens is 470 g/mol. The zero-order valence-corrected chi connectivity index (χ0v) is 21.0. The zero-order chi connectivity index (χ0) is 26.5. The number of amides is 2. The van der Waals surface area contributed by atoms with E-state index in [9.17, 15) is 14.7 Å². The second-order valence-corrected chi connectivity index (χ2v) is 9.32. The summed E-state index contributed by atoms with van der Waals surface area (Å²) in [6, 6.07) is 13.8. The highest BCUT2D eigenvalue weighted by Gasteiger charge is 2.35. The molecule has 0 spiro atoms. The van der Waals surface area contributed by atoms with Gasteiger partial charge in [0.2, 0.25) is 5.88 Å². The molecule has 9 nitrogen and oxygen atoms in total. The van der Waals surface area contributed by atoms with Crippen LogP contribution in [0.3, 0.4) is 0 Å². The highest BCUT2D eigenvalue weighted by atomic mass is 16.5. The average Bonchev–Trinajstić information content (AvgIpc) is 2.94. The number of nitriles is 1. The fraction of sp³-hybridized carbons (Fsp3) is 0.321. The first-order valence-electron chi connectivity index (χ1n) is 12.1. The Morgan fingerprint density at radius 3 is 2.68 bits per heavy atom. The van der Waals surface area contributed by atoms with Crippen LogP contribution in [0.25, 0.3) is 11.1 Å². The summed E-state index contributed by atoms with van der Waals surface area (Å²) >= 11 is 0. The maximum Gasteiger partial charge on any atom is 0.259 e. The van der Waals surface area contributed by atoms with E-state index in [1.807, 2.05) is 6.92 Å². The number of pyridine rings is 2. The molecule has 4 rings (SSSR count). The molecule has 0 fully saturated rings. The molecule has 3 atom stereocenters. The summed E-state index contributed by atoms with van der Waals surface area (Å²) in [5.41, 5.74) is 2.79. The predicted molar refractivity (Wildman–Crippen MR) is 137 cm³/mol. The van der Waals surface area contributed by atoms with Gasteiger partial charge in [-0.2, -0.15) is 5.26 Å². The van der Waals surface area contributed by atoms with E-state index in [0.717, 1.165) is 5.56 Å². The number of hydrogen-bond donors (Lipinski definition) is 1. The number of fused-ring (bicyclic) bond motifs is 1. The summed E-state index contributed by atoms with van der Waals surface area (Å²) < 4.78 is 6.29. The molecule has 2 aromatic heterocycles. The number of aliphatic hydroxyl groups excluding tert-OH is 1. The van der Waals surface area contributed by atoms with E-state index in [4.69, 9.17) is 10.00 Å². The van der Waals surface area contributed by atoms with E-state index < -0.39 is 12.1 Å². The third kappa shape index (κ3) is 5.60. The van der Waals surface area contributed by atoms with Crippen LogP contribution >= 0.6 is 0 Å². The Morgan fingerprint density at radius 1 is 1.27 bits per heavy atom. The number of aliphatic hydroxyl groups is 1. The van der Waals surface area contributed by atoms with Crippen molar-refractivity contribution in [3.05, 3.63) is 77.7 Å². The summed E-state index contributed by atoms with van der Waals surface area (Å²) in [6.45, 7) is 4.15. The van der Waals surface area contributed by atoms with Crippen molar-refractivity contribution < 1.29 is 19.4 Å². The van der Waals surface area contributed by atoms with Crippen molar-refractivity contribution in [1.29, 1.82) is 5.26 Å². The third-order valence-corrected chi connectivity index (χ3v) is 6.58. The largest absolute Gasteiger partial charge is 0.472 e. The van der Waals surface area contributed by atoms with Crippen molar-refractivity contribution in [1.82, 2.24) is 19.8 Å². The first kappa shape index (κ1) is 25.8. The molecular formula is C28H29N5O4. The van der Waals surface area contributed by atoms with Crippen LogP contribution in [0.4, 0.5) is 0 Å². The summed E-state index contributed by atoms with van der Waals surface area (Å²) in [5, 5.41) is 19.0. The number of likely N-dealkylation sites (N-methyl/N-ethyl adjacent to an activating group) is 1. The number of rotatable bonds is 6. The Balaban J connectivity index is 1.68. The molecule has 1 aliphatic rings. The topological polar surface area (TPSA) is 120 Å². The van der Waals surface area contributed by atoms with Crippen LogP contribution in [0.5, 0.6) is 5.88 Å². The minimum absolute atomic E-state index is 0.157. The molecule has 1 aliphatic heterocycles. The van der Waals surface area contributed by atoms with Crippen LogP contribution in [-0.2, 0) is 0 Å². The van der Waals surface area contributed by atoms with Crippen molar-refractivity contribution in [2.45, 2.75) is 26.0 Å². The number of hydrogen-bond acceptors (Lipinski definition) is 7. The maximum absolute atomic E-state index is 13.6. The van der Waals surface area contributed by atoms with Gasteiger partial charge in [-0.15, -0.1) is 0 Å². The summed E-state index contributed by atoms with van der Waals surface area (Å²) in [5.74, 6) is -0.455. The van der Waals surface area contributed by atoms with Gasteiger partial charge in [0.05, 0.1) is 36.4 Å². The van der Waals surface area contributed by atoms with E-state index in [-0.39, 0.29) is 42.3 Å². The second kappa shape index (κ2) is 11.2. The summed E-state index contributed by atoms with van der Waals surface area (Å²) in [4.78, 5) is 38.3. The molecule has 0 aliphatic carbocycles. The molecule has 1 N–H and O–H groups in total. The van der Waals surface area contributed by atoms with Gasteiger partial charge in [-0.25, -0.2) is 4.98 Å². The van der Waals surface area contributed by atoms with E-state index in [1.165, 1.54) is 6.20 Å². The van der Waals surface area contributed by atoms with Crippen molar-refractivity contribution >= 4 is 11.8 Å². The lowest BCUT2D eigenvalue weighted by molar-refractivity contribution is 0.0313. The molecule has 190 valence electrons. The lowest BCUT2D eigenvalue weighted by Gasteiger charge is -2.37. The molecule has 9 heteroatoms. The van der Waals surface area contributed by atoms with E-state index >= 15 is 0 Å². The number of carbonyl (C=O) groups excluding carboxylic acids is 2. The first-order chi connectivity index (χ1) is 17.8. The van der Waals surface area contributed by atoms with Crippen LogP contribution in [0, 0.1) is 17.2 Å². The molecule has 3 aromatic rings. The number of nitrogens with zero attached hydrogens (tertiary/aromatic N) is 5. The molecule has 3 heterocycles. The average molecular weight is 500 g/mol. The van der Waals surface area contributed by atoms with Gasteiger partial charge in [0.25, 0.3) is 11.8 Å². The van der Waals surface area contributed by atoms with Gasteiger partial charge in [-0.05, 0) is 42.8 Å². The molecule has 0 saturated heterocycles. The summed E-state index contributed by atoms with van der Waals surface area (Å²) in [6.07, 6.45) is 4.30. The van der Waals surface area contributed by atoms with Gasteiger partial charge in [-0.3, -0.25) is 14.6 Å². The van der Waals surface area contributed by atoms with Gasteiger partial charge in [0.15, 0.2) is 0 Å². The molecule has 37 heavy (non-hydrogen) atoms. The number of ether oxygens (including phenoxy) is 1. The fourth-order valence-electron chi connectivity index (χ4n) is 4.28. The Labute approximate surface area is 216 Å². The molecule has 0 saturated carbocycles. The van der Waals surface area contributed by atoms with Gasteiger partial charge in [0.1, 0.15) is 11.7 Å². The minimum atomic E-state index is -0.459. The van der Waals surface area contributed by atoms with Crippen molar-refractivity contribution in [3.8, 4) is 23.1 Å². The van der Waals surface area contributed by atoms with E-state index in [1.54, 1.807) is 78.6 Å². The Morgan fingerprint density at radius 2 is 2.03 bits per heavy atom. The van der Waals surface area contributed by atoms with Crippen LogP contribution in [0.2, 0.25) is 0 Å². The molecule has 2 amide bonds.